The number of allylic oxidation sites excluding steroid dienone is 4. The largest absolute Gasteiger partial charge is 0.481 e. The molecule has 0 aliphatic carbocycles. The van der Waals surface area contributed by atoms with Crippen molar-refractivity contribution in [1.29, 1.82) is 0 Å². The number of hydrogen-bond acceptors (Lipinski definition) is 5. The molecule has 0 aliphatic heterocycles. The monoisotopic (exact) mass is 749 g/mol. The third-order valence-corrected chi connectivity index (χ3v) is 10.3. The maximum Gasteiger partial charge on any atom is 0.320 e. The van der Waals surface area contributed by atoms with Gasteiger partial charge in [0.05, 0.1) is 7.05 Å². The van der Waals surface area contributed by atoms with Crippen molar-refractivity contribution in [3.05, 3.63) is 24.3 Å². The van der Waals surface area contributed by atoms with Gasteiger partial charge in [0.2, 0.25) is 0 Å². The molecule has 2 N–H and O–H groups in total. The second-order valence-corrected chi connectivity index (χ2v) is 15.5. The minimum atomic E-state index is -1.32. The van der Waals surface area contributed by atoms with Crippen molar-refractivity contribution in [1.82, 2.24) is 0 Å². The number of unbranched alkanes of at least 4 members (excludes halogenated alkanes) is 22. The Morgan fingerprint density at radius 3 is 1.04 bits per heavy atom. The van der Waals surface area contributed by atoms with Crippen LogP contribution in [-0.4, -0.2) is 65.1 Å². The fourth-order valence-corrected chi connectivity index (χ4v) is 6.99. The number of Topliss-reactive ketones (excluding diaryl/α,β-unsaturated/α-hetero) is 2. The molecule has 0 saturated carbocycles. The fourth-order valence-electron chi connectivity index (χ4n) is 6.99. The predicted octanol–water partition coefficient (Wildman–Crippen LogP) is 12.0. The van der Waals surface area contributed by atoms with E-state index in [-0.39, 0.29) is 44.1 Å². The van der Waals surface area contributed by atoms with E-state index in [9.17, 15) is 29.4 Å². The zero-order chi connectivity index (χ0) is 39.4. The Bertz CT molecular complexity index is 919. The molecule has 0 fully saturated rings. The minimum absolute atomic E-state index is 0.165. The number of rotatable bonds is 40. The molecule has 53 heavy (non-hydrogen) atoms. The van der Waals surface area contributed by atoms with Gasteiger partial charge >= 0.3 is 11.9 Å². The molecule has 2 unspecified atom stereocenters. The summed E-state index contributed by atoms with van der Waals surface area (Å²) in [6, 6.07) is 0. The Morgan fingerprint density at radius 2 is 0.755 bits per heavy atom. The zero-order valence-electron chi connectivity index (χ0n) is 34.8. The number of nitrogens with zero attached hydrogens (tertiary/aromatic N) is 1. The molecule has 0 aliphatic rings. The number of hydroxylamine groups is 3. The highest BCUT2D eigenvalue weighted by atomic mass is 16.7. The lowest BCUT2D eigenvalue weighted by Gasteiger charge is -2.34. The van der Waals surface area contributed by atoms with Crippen LogP contribution in [0.2, 0.25) is 0 Å². The molecule has 0 aromatic heterocycles. The molecule has 0 spiro atoms. The van der Waals surface area contributed by atoms with Gasteiger partial charge in [-0.15, -0.1) is 0 Å². The summed E-state index contributed by atoms with van der Waals surface area (Å²) in [5, 5.41) is 20.0. The van der Waals surface area contributed by atoms with Gasteiger partial charge < -0.3 is 10.2 Å². The van der Waals surface area contributed by atoms with Crippen LogP contribution in [0.25, 0.3) is 0 Å². The normalized spacial score (nSPS) is 14.1. The fraction of sp³-hybridized carbons (Fsp3) is 0.822. The number of quaternary nitrogens is 1. The van der Waals surface area contributed by atoms with Gasteiger partial charge in [-0.25, -0.2) is 4.84 Å². The summed E-state index contributed by atoms with van der Waals surface area (Å²) >= 11 is 0. The molecule has 0 heterocycles. The highest BCUT2D eigenvalue weighted by Gasteiger charge is 2.42. The van der Waals surface area contributed by atoms with Crippen molar-refractivity contribution in [3.8, 4) is 0 Å². The maximum absolute atomic E-state index is 13.1. The summed E-state index contributed by atoms with van der Waals surface area (Å²) < 4.78 is -0.416. The highest BCUT2D eigenvalue weighted by molar-refractivity contribution is 5.99. The van der Waals surface area contributed by atoms with Gasteiger partial charge in [0.1, 0.15) is 19.7 Å². The Kier molecular flexibility index (Phi) is 33.8. The summed E-state index contributed by atoms with van der Waals surface area (Å²) in [4.78, 5) is 56.5. The van der Waals surface area contributed by atoms with Crippen LogP contribution >= 0.6 is 0 Å². The molecular formula is C45H82NO7+. The molecule has 0 aromatic carbocycles. The van der Waals surface area contributed by atoms with E-state index in [1.54, 1.807) is 14.0 Å². The lowest BCUT2D eigenvalue weighted by Crippen LogP contribution is -2.54. The van der Waals surface area contributed by atoms with Gasteiger partial charge in [0.25, 0.3) is 0 Å². The van der Waals surface area contributed by atoms with E-state index in [4.69, 9.17) is 4.84 Å². The van der Waals surface area contributed by atoms with Crippen LogP contribution in [0.3, 0.4) is 0 Å². The van der Waals surface area contributed by atoms with Gasteiger partial charge in [-0.3, -0.25) is 19.2 Å². The molecule has 2 atom stereocenters. The molecule has 0 rings (SSSR count). The van der Waals surface area contributed by atoms with Gasteiger partial charge in [0, 0.05) is 12.8 Å². The van der Waals surface area contributed by atoms with E-state index in [0.29, 0.717) is 12.8 Å². The summed E-state index contributed by atoms with van der Waals surface area (Å²) in [7, 11) is 1.58. The van der Waals surface area contributed by atoms with Crippen molar-refractivity contribution in [2.24, 2.45) is 11.8 Å². The van der Waals surface area contributed by atoms with Crippen molar-refractivity contribution in [2.45, 2.75) is 201 Å². The first kappa shape index (κ1) is 50.7. The average molecular weight is 749 g/mol. The van der Waals surface area contributed by atoms with Crippen molar-refractivity contribution >= 4 is 23.5 Å². The smallest absolute Gasteiger partial charge is 0.320 e. The Labute approximate surface area is 325 Å². The second kappa shape index (κ2) is 35.4. The Hall–Kier alpha value is -2.32. The summed E-state index contributed by atoms with van der Waals surface area (Å²) in [5.74, 6) is -5.86. The van der Waals surface area contributed by atoms with Crippen molar-refractivity contribution in [3.63, 3.8) is 0 Å². The SMILES string of the molecule is CCCCCCCC/C=C\CCCCCCCC(=O)C(C[N+](C)(CC(C(=O)O)C(=O)CCCCCCC/C=C\CCCCCCCC)OCC)C(=O)O. The van der Waals surface area contributed by atoms with Gasteiger partial charge in [-0.1, -0.05) is 141 Å². The van der Waals surface area contributed by atoms with Crippen molar-refractivity contribution in [2.75, 3.05) is 26.7 Å². The van der Waals surface area contributed by atoms with Gasteiger partial charge in [-0.2, -0.15) is 4.65 Å². The van der Waals surface area contributed by atoms with E-state index < -0.39 is 28.4 Å². The minimum Gasteiger partial charge on any atom is -0.481 e. The molecule has 0 radical (unpaired) electrons. The van der Waals surface area contributed by atoms with E-state index in [1.165, 1.54) is 77.0 Å². The number of carbonyl (C=O) groups is 4. The Balaban J connectivity index is 4.54. The predicted molar refractivity (Wildman–Crippen MR) is 219 cm³/mol. The Morgan fingerprint density at radius 1 is 0.472 bits per heavy atom. The lowest BCUT2D eigenvalue weighted by molar-refractivity contribution is -1.09. The number of hydrogen-bond donors (Lipinski definition) is 2. The van der Waals surface area contributed by atoms with E-state index in [1.807, 2.05) is 0 Å². The third-order valence-electron chi connectivity index (χ3n) is 10.3. The first-order chi connectivity index (χ1) is 25.6. The molecule has 308 valence electrons. The second-order valence-electron chi connectivity index (χ2n) is 15.5. The molecular weight excluding hydrogens is 666 g/mol. The number of carboxylic acids is 2. The molecule has 0 bridgehead atoms. The van der Waals surface area contributed by atoms with Crippen LogP contribution in [0.1, 0.15) is 201 Å². The van der Waals surface area contributed by atoms with Crippen LogP contribution in [0, 0.1) is 11.8 Å². The lowest BCUT2D eigenvalue weighted by atomic mass is 9.95. The molecule has 0 aromatic rings. The maximum atomic E-state index is 13.1. The summed E-state index contributed by atoms with van der Waals surface area (Å²) in [6.45, 7) is 5.99. The zero-order valence-corrected chi connectivity index (χ0v) is 34.8. The van der Waals surface area contributed by atoms with E-state index in [0.717, 1.165) is 77.0 Å². The molecule has 8 heteroatoms. The van der Waals surface area contributed by atoms with Crippen LogP contribution in [0.4, 0.5) is 0 Å². The average Bonchev–Trinajstić information content (AvgIpc) is 3.12. The molecule has 0 saturated heterocycles. The number of ketones is 2. The third kappa shape index (κ3) is 29.7. The first-order valence-electron chi connectivity index (χ1n) is 21.9. The van der Waals surface area contributed by atoms with E-state index in [2.05, 4.69) is 38.2 Å². The van der Waals surface area contributed by atoms with Crippen molar-refractivity contribution < 1.29 is 38.9 Å². The van der Waals surface area contributed by atoms with Crippen LogP contribution in [-0.2, 0) is 24.0 Å². The summed E-state index contributed by atoms with van der Waals surface area (Å²) in [5.41, 5.74) is 0. The summed E-state index contributed by atoms with van der Waals surface area (Å²) in [6.07, 6.45) is 39.1. The molecule has 0 amide bonds. The number of carboxylic acid groups (broad SMARTS) is 2. The van der Waals surface area contributed by atoms with Gasteiger partial charge in [-0.05, 0) is 71.1 Å². The standard InChI is InChI=1S/C45H81NO7/c1-5-8-10-12-14-16-18-20-22-24-26-28-30-32-34-36-42(47)40(44(49)50)38-46(4,53-7-3)39-41(45(51)52)43(48)37-35-33-31-29-27-25-23-21-19-17-15-13-11-9-6-2/h20-23,40-41H,5-19,24-39H2,1-4H3,(H-,49,50,51,52)/p+1/b22-20-,23-21-. The topological polar surface area (TPSA) is 118 Å². The number of aliphatic carboxylic acids is 2. The first-order valence-corrected chi connectivity index (χ1v) is 21.9. The van der Waals surface area contributed by atoms with Gasteiger partial charge in [0.15, 0.2) is 23.4 Å². The quantitative estimate of drug-likeness (QED) is 0.0210. The van der Waals surface area contributed by atoms with Crippen LogP contribution in [0.5, 0.6) is 0 Å². The number of carbonyl (C=O) groups excluding carboxylic acids is 2. The van der Waals surface area contributed by atoms with E-state index >= 15 is 0 Å². The highest BCUT2D eigenvalue weighted by Crippen LogP contribution is 2.21. The van der Waals surface area contributed by atoms with Crippen LogP contribution < -0.4 is 0 Å². The van der Waals surface area contributed by atoms with Crippen LogP contribution in [0.15, 0.2) is 24.3 Å². The molecule has 8 nitrogen and oxygen atoms in total.